The van der Waals surface area contributed by atoms with E-state index in [1.165, 1.54) is 6.33 Å². The maximum Gasteiger partial charge on any atom is 1.00 e. The number of carboxylic acid groups (broad SMARTS) is 1. The molecular formula is C6H4CuN5O3. The van der Waals surface area contributed by atoms with Crippen LogP contribution in [0.15, 0.2) is 11.1 Å². The van der Waals surface area contributed by atoms with Crippen LogP contribution in [0.2, 0.25) is 0 Å². The van der Waals surface area contributed by atoms with E-state index in [0.29, 0.717) is 0 Å². The van der Waals surface area contributed by atoms with E-state index in [0.717, 1.165) is 0 Å². The Morgan fingerprint density at radius 1 is 1.53 bits per heavy atom. The molecule has 9 heteroatoms. The second-order valence-electron chi connectivity index (χ2n) is 2.43. The molecule has 2 aromatic heterocycles. The Balaban J connectivity index is 0.00000112. The van der Waals surface area contributed by atoms with Crippen molar-refractivity contribution in [3.63, 3.8) is 0 Å². The largest absolute Gasteiger partial charge is 1.00 e. The van der Waals surface area contributed by atoms with Crippen LogP contribution < -0.4 is 16.0 Å². The van der Waals surface area contributed by atoms with Gasteiger partial charge in [-0.2, -0.15) is 4.98 Å². The second kappa shape index (κ2) is 4.11. The van der Waals surface area contributed by atoms with E-state index in [4.69, 9.17) is 0 Å². The number of nitrogens with zero attached hydrogens (tertiary/aromatic N) is 2. The summed E-state index contributed by atoms with van der Waals surface area (Å²) in [5.41, 5.74) is -0.178. The summed E-state index contributed by atoms with van der Waals surface area (Å²) in [6.45, 7) is 0. The van der Waals surface area contributed by atoms with Gasteiger partial charge in [-0.05, 0) is 0 Å². The monoisotopic (exact) mass is 257 g/mol. The number of nitrogens with one attached hydrogen (secondary N) is 3. The van der Waals surface area contributed by atoms with Gasteiger partial charge in [-0.25, -0.2) is 4.98 Å². The summed E-state index contributed by atoms with van der Waals surface area (Å²) >= 11 is 0. The van der Waals surface area contributed by atoms with Gasteiger partial charge in [-0.1, -0.05) is 0 Å². The molecule has 0 unspecified atom stereocenters. The molecule has 0 aromatic carbocycles. The fourth-order valence-corrected chi connectivity index (χ4v) is 0.999. The molecule has 0 aliphatic carbocycles. The van der Waals surface area contributed by atoms with Crippen LogP contribution in [0.25, 0.3) is 11.2 Å². The Kier molecular flexibility index (Phi) is 3.07. The number of hydrogen-bond donors (Lipinski definition) is 3. The van der Waals surface area contributed by atoms with Gasteiger partial charge in [0, 0.05) is 0 Å². The van der Waals surface area contributed by atoms with Gasteiger partial charge < -0.3 is 20.2 Å². The van der Waals surface area contributed by atoms with E-state index >= 15 is 0 Å². The fraction of sp³-hybridized carbons (Fsp3) is 0. The van der Waals surface area contributed by atoms with E-state index in [2.05, 4.69) is 19.9 Å². The zero-order valence-corrected chi connectivity index (χ0v) is 7.94. The van der Waals surface area contributed by atoms with Crippen molar-refractivity contribution in [2.75, 3.05) is 5.32 Å². The van der Waals surface area contributed by atoms with E-state index in [1.54, 1.807) is 0 Å². The standard InChI is InChI=1S/C6H5N5O3.Cu/c12-4-2-3(8-1-7-2)9-5(10-4)11-6(13)14;/h1H,(H,13,14)(H3,7,8,9,10,11,12);/q;+1/p-1. The van der Waals surface area contributed by atoms with Gasteiger partial charge in [0.2, 0.25) is 5.95 Å². The smallest absolute Gasteiger partial charge is 0.530 e. The van der Waals surface area contributed by atoms with Crippen LogP contribution in [0.5, 0.6) is 0 Å². The Morgan fingerprint density at radius 2 is 2.27 bits per heavy atom. The molecule has 2 aromatic rings. The molecule has 15 heavy (non-hydrogen) atoms. The molecule has 0 saturated heterocycles. The van der Waals surface area contributed by atoms with Crippen LogP contribution in [-0.2, 0) is 17.1 Å². The summed E-state index contributed by atoms with van der Waals surface area (Å²) in [6.07, 6.45) is -0.265. The minimum atomic E-state index is -1.55. The molecule has 1 amide bonds. The molecule has 3 N–H and O–H groups in total. The number of imidazole rings is 1. The van der Waals surface area contributed by atoms with Gasteiger partial charge in [0.25, 0.3) is 5.56 Å². The Bertz CT molecular complexity index is 547. The van der Waals surface area contributed by atoms with Crippen molar-refractivity contribution in [3.8, 4) is 0 Å². The summed E-state index contributed by atoms with van der Waals surface area (Å²) in [7, 11) is 0. The van der Waals surface area contributed by atoms with Crippen LogP contribution in [-0.4, -0.2) is 26.0 Å². The number of anilines is 1. The topological polar surface area (TPSA) is 127 Å². The Labute approximate surface area is 92.6 Å². The number of hydrogen-bond acceptors (Lipinski definition) is 5. The predicted octanol–water partition coefficient (Wildman–Crippen LogP) is -1.60. The molecule has 0 radical (unpaired) electrons. The molecule has 82 valence electrons. The molecule has 0 aliphatic heterocycles. The molecule has 0 saturated carbocycles. The van der Waals surface area contributed by atoms with Crippen LogP contribution in [0.3, 0.4) is 0 Å². The Morgan fingerprint density at radius 3 is 2.93 bits per heavy atom. The van der Waals surface area contributed by atoms with Crippen LogP contribution in [0, 0.1) is 0 Å². The molecule has 2 heterocycles. The van der Waals surface area contributed by atoms with Crippen molar-refractivity contribution in [3.05, 3.63) is 16.7 Å². The maximum absolute atomic E-state index is 11.2. The average Bonchev–Trinajstić information content (AvgIpc) is 2.50. The number of H-pyrrole nitrogens is 2. The van der Waals surface area contributed by atoms with Crippen LogP contribution >= 0.6 is 0 Å². The van der Waals surface area contributed by atoms with Crippen molar-refractivity contribution in [1.29, 1.82) is 0 Å². The van der Waals surface area contributed by atoms with Gasteiger partial charge in [0.05, 0.1) is 6.33 Å². The normalized spacial score (nSPS) is 9.60. The van der Waals surface area contributed by atoms with Crippen molar-refractivity contribution < 1.29 is 27.0 Å². The minimum Gasteiger partial charge on any atom is -0.530 e. The van der Waals surface area contributed by atoms with Crippen molar-refractivity contribution in [2.45, 2.75) is 0 Å². The summed E-state index contributed by atoms with van der Waals surface area (Å²) in [6, 6.07) is 0. The SMILES string of the molecule is O=C([O-])Nc1nc2nc[nH]c2c(=O)[nH]1.[Cu+]. The van der Waals surface area contributed by atoms with Crippen LogP contribution in [0.1, 0.15) is 0 Å². The first-order valence-electron chi connectivity index (χ1n) is 3.58. The zero-order valence-electron chi connectivity index (χ0n) is 7.00. The molecule has 2 rings (SSSR count). The number of aromatic amines is 2. The molecule has 0 spiro atoms. The Hall–Kier alpha value is -1.86. The maximum atomic E-state index is 11.2. The predicted molar refractivity (Wildman–Crippen MR) is 43.5 cm³/mol. The van der Waals surface area contributed by atoms with Crippen molar-refractivity contribution in [1.82, 2.24) is 19.9 Å². The van der Waals surface area contributed by atoms with E-state index < -0.39 is 11.7 Å². The van der Waals surface area contributed by atoms with Crippen molar-refractivity contribution >= 4 is 23.2 Å². The molecule has 0 bridgehead atoms. The third-order valence-electron chi connectivity index (χ3n) is 1.52. The molecule has 8 nitrogen and oxygen atoms in total. The van der Waals surface area contributed by atoms with Crippen molar-refractivity contribution in [2.24, 2.45) is 0 Å². The first-order chi connectivity index (χ1) is 6.66. The summed E-state index contributed by atoms with van der Waals surface area (Å²) in [5.74, 6) is -0.213. The third kappa shape index (κ3) is 2.14. The average molecular weight is 258 g/mol. The summed E-state index contributed by atoms with van der Waals surface area (Å²) < 4.78 is 0. The van der Waals surface area contributed by atoms with Gasteiger partial charge in [-0.15, -0.1) is 0 Å². The van der Waals surface area contributed by atoms with Gasteiger partial charge in [0.15, 0.2) is 11.2 Å². The van der Waals surface area contributed by atoms with E-state index in [1.807, 2.05) is 5.32 Å². The van der Waals surface area contributed by atoms with E-state index in [9.17, 15) is 14.7 Å². The first-order valence-corrected chi connectivity index (χ1v) is 3.58. The minimum absolute atomic E-state index is 0. The van der Waals surface area contributed by atoms with Gasteiger partial charge in [-0.3, -0.25) is 9.78 Å². The molecular weight excluding hydrogens is 254 g/mol. The molecule has 0 atom stereocenters. The second-order valence-corrected chi connectivity index (χ2v) is 2.43. The van der Waals surface area contributed by atoms with E-state index in [-0.39, 0.29) is 34.2 Å². The number of rotatable bonds is 1. The fourth-order valence-electron chi connectivity index (χ4n) is 0.999. The van der Waals surface area contributed by atoms with Gasteiger partial charge >= 0.3 is 17.1 Å². The number of aromatic nitrogens is 4. The number of amides is 1. The first kappa shape index (κ1) is 11.2. The third-order valence-corrected chi connectivity index (χ3v) is 1.52. The number of carbonyl (C=O) groups excluding carboxylic acids is 1. The zero-order chi connectivity index (χ0) is 10.1. The summed E-state index contributed by atoms with van der Waals surface area (Å²) in [5, 5.41) is 12.0. The number of fused-ring (bicyclic) bond motifs is 1. The summed E-state index contributed by atoms with van der Waals surface area (Å²) in [4.78, 5) is 33.5. The molecule has 0 fully saturated rings. The quantitative estimate of drug-likeness (QED) is 0.530. The molecule has 0 aliphatic rings. The number of carbonyl (C=O) groups is 1. The van der Waals surface area contributed by atoms with Crippen LogP contribution in [0.4, 0.5) is 10.7 Å². The van der Waals surface area contributed by atoms with Gasteiger partial charge in [0.1, 0.15) is 6.09 Å².